The zero-order valence-corrected chi connectivity index (χ0v) is 12.9. The van der Waals surface area contributed by atoms with Gasteiger partial charge in [-0.15, -0.1) is 0 Å². The number of hydrogen-bond donors (Lipinski definition) is 1. The number of hydrogen-bond acceptors (Lipinski definition) is 3. The van der Waals surface area contributed by atoms with Crippen molar-refractivity contribution in [1.29, 1.82) is 0 Å². The highest BCUT2D eigenvalue weighted by Gasteiger charge is 2.42. The minimum Gasteiger partial charge on any atom is -0.373 e. The van der Waals surface area contributed by atoms with Crippen LogP contribution in [0.2, 0.25) is 0 Å². The summed E-state index contributed by atoms with van der Waals surface area (Å²) in [6.07, 6.45) is 6.63. The Kier molecular flexibility index (Phi) is 4.22. The highest BCUT2D eigenvalue weighted by Crippen LogP contribution is 2.43. The number of nitrogens with one attached hydrogen (secondary N) is 1. The van der Waals surface area contributed by atoms with Crippen LogP contribution in [0.1, 0.15) is 44.2 Å². The molecule has 21 heavy (non-hydrogen) atoms. The molecule has 0 amide bonds. The molecule has 1 unspecified atom stereocenters. The van der Waals surface area contributed by atoms with Crippen LogP contribution in [0.3, 0.4) is 0 Å². The molecule has 1 aromatic carbocycles. The molecule has 1 aliphatic rings. The summed E-state index contributed by atoms with van der Waals surface area (Å²) in [5.41, 5.74) is 2.27. The number of likely N-dealkylation sites (N-methyl/N-ethyl adjacent to an activating group) is 1. The van der Waals surface area contributed by atoms with E-state index >= 15 is 0 Å². The summed E-state index contributed by atoms with van der Waals surface area (Å²) >= 11 is 0. The van der Waals surface area contributed by atoms with E-state index in [0.29, 0.717) is 0 Å². The molecule has 1 heterocycles. The first kappa shape index (κ1) is 14.5. The van der Waals surface area contributed by atoms with E-state index in [1.807, 2.05) is 19.3 Å². The van der Waals surface area contributed by atoms with Gasteiger partial charge in [0.05, 0.1) is 17.2 Å². The van der Waals surface area contributed by atoms with Gasteiger partial charge in [-0.2, -0.15) is 0 Å². The van der Waals surface area contributed by atoms with E-state index in [0.717, 1.165) is 25.0 Å². The van der Waals surface area contributed by atoms with Crippen molar-refractivity contribution in [2.75, 3.05) is 13.7 Å². The van der Waals surface area contributed by atoms with Gasteiger partial charge in [-0.1, -0.05) is 31.0 Å². The van der Waals surface area contributed by atoms with Crippen molar-refractivity contribution in [1.82, 2.24) is 10.3 Å². The zero-order valence-electron chi connectivity index (χ0n) is 12.9. The molecule has 1 atom stereocenters. The largest absolute Gasteiger partial charge is 0.373 e. The van der Waals surface area contributed by atoms with Crippen LogP contribution >= 0.6 is 0 Å². The fraction of sp³-hybridized carbons (Fsp3) is 0.500. The summed E-state index contributed by atoms with van der Waals surface area (Å²) in [5, 5.41) is 4.69. The van der Waals surface area contributed by atoms with Crippen molar-refractivity contribution in [2.45, 2.75) is 44.2 Å². The smallest absolute Gasteiger partial charge is 0.0876 e. The van der Waals surface area contributed by atoms with E-state index in [2.05, 4.69) is 41.5 Å². The second kappa shape index (κ2) is 6.12. The van der Waals surface area contributed by atoms with E-state index in [4.69, 9.17) is 4.74 Å². The first-order valence-corrected chi connectivity index (χ1v) is 7.95. The molecular formula is C18H24N2O. The number of fused-ring (bicyclic) bond motifs is 1. The minimum atomic E-state index is -0.0635. The molecule has 3 heteroatoms. The standard InChI is InChI=1S/C18H24N2O/c1-3-21-18(10-4-5-11-18)17(19-2)15-9-8-14-7-6-12-20-16(14)13-15/h6-9,12-13,17,19H,3-5,10-11H2,1-2H3. The highest BCUT2D eigenvalue weighted by molar-refractivity contribution is 5.79. The Morgan fingerprint density at radius 2 is 2.10 bits per heavy atom. The third-order valence-corrected chi connectivity index (χ3v) is 4.66. The van der Waals surface area contributed by atoms with Crippen molar-refractivity contribution >= 4 is 10.9 Å². The van der Waals surface area contributed by atoms with Gasteiger partial charge < -0.3 is 10.1 Å². The van der Waals surface area contributed by atoms with Gasteiger partial charge in [0.1, 0.15) is 0 Å². The summed E-state index contributed by atoms with van der Waals surface area (Å²) in [6.45, 7) is 2.86. The molecule has 3 nitrogen and oxygen atoms in total. The zero-order chi connectivity index (χ0) is 14.7. The van der Waals surface area contributed by atoms with E-state index in [9.17, 15) is 0 Å². The van der Waals surface area contributed by atoms with Crippen molar-refractivity contribution < 1.29 is 4.74 Å². The van der Waals surface area contributed by atoms with Gasteiger partial charge in [-0.25, -0.2) is 0 Å². The van der Waals surface area contributed by atoms with Crippen LogP contribution in [-0.4, -0.2) is 24.2 Å². The fourth-order valence-corrected chi connectivity index (χ4v) is 3.77. The Bertz CT molecular complexity index is 605. The van der Waals surface area contributed by atoms with Crippen LogP contribution in [-0.2, 0) is 4.74 Å². The first-order valence-electron chi connectivity index (χ1n) is 7.95. The molecule has 1 aliphatic carbocycles. The van der Waals surface area contributed by atoms with E-state index < -0.39 is 0 Å². The Labute approximate surface area is 126 Å². The molecule has 1 aromatic heterocycles. The number of ether oxygens (including phenoxy) is 1. The molecule has 0 aliphatic heterocycles. The maximum Gasteiger partial charge on any atom is 0.0876 e. The number of benzene rings is 1. The van der Waals surface area contributed by atoms with Gasteiger partial charge in [0, 0.05) is 18.2 Å². The number of rotatable bonds is 5. The molecule has 3 rings (SSSR count). The quantitative estimate of drug-likeness (QED) is 0.905. The molecule has 0 radical (unpaired) electrons. The third-order valence-electron chi connectivity index (χ3n) is 4.66. The molecule has 2 aromatic rings. The Hall–Kier alpha value is -1.45. The summed E-state index contributed by atoms with van der Waals surface area (Å²) in [4.78, 5) is 4.49. The van der Waals surface area contributed by atoms with Crippen molar-refractivity contribution in [3.05, 3.63) is 42.1 Å². The molecular weight excluding hydrogens is 260 g/mol. The number of pyridine rings is 1. The molecule has 0 saturated heterocycles. The van der Waals surface area contributed by atoms with Gasteiger partial charge in [0.2, 0.25) is 0 Å². The van der Waals surface area contributed by atoms with Crippen molar-refractivity contribution in [2.24, 2.45) is 0 Å². The predicted molar refractivity (Wildman–Crippen MR) is 86.4 cm³/mol. The van der Waals surface area contributed by atoms with Crippen molar-refractivity contribution in [3.63, 3.8) is 0 Å². The third kappa shape index (κ3) is 2.68. The predicted octanol–water partition coefficient (Wildman–Crippen LogP) is 3.84. The van der Waals surface area contributed by atoms with E-state index in [1.165, 1.54) is 23.8 Å². The Morgan fingerprint density at radius 3 is 2.81 bits per heavy atom. The van der Waals surface area contributed by atoms with Gasteiger partial charge in [0.25, 0.3) is 0 Å². The normalized spacial score (nSPS) is 19.0. The Morgan fingerprint density at radius 1 is 1.29 bits per heavy atom. The summed E-state index contributed by atoms with van der Waals surface area (Å²) in [7, 11) is 2.03. The van der Waals surface area contributed by atoms with Gasteiger partial charge >= 0.3 is 0 Å². The second-order valence-electron chi connectivity index (χ2n) is 5.88. The molecule has 1 N–H and O–H groups in total. The summed E-state index contributed by atoms with van der Waals surface area (Å²) in [6, 6.07) is 10.9. The maximum atomic E-state index is 6.23. The minimum absolute atomic E-state index is 0.0635. The van der Waals surface area contributed by atoms with Crippen LogP contribution in [0, 0.1) is 0 Å². The lowest BCUT2D eigenvalue weighted by Crippen LogP contribution is -2.43. The first-order chi connectivity index (χ1) is 10.3. The van der Waals surface area contributed by atoms with Gasteiger partial charge in [-0.05, 0) is 44.5 Å². The van der Waals surface area contributed by atoms with E-state index in [-0.39, 0.29) is 11.6 Å². The van der Waals surface area contributed by atoms with Gasteiger partial charge in [0.15, 0.2) is 0 Å². The second-order valence-corrected chi connectivity index (χ2v) is 5.88. The highest BCUT2D eigenvalue weighted by atomic mass is 16.5. The number of aromatic nitrogens is 1. The molecule has 112 valence electrons. The lowest BCUT2D eigenvalue weighted by Gasteiger charge is -2.37. The fourth-order valence-electron chi connectivity index (χ4n) is 3.77. The van der Waals surface area contributed by atoms with Crippen LogP contribution in [0.5, 0.6) is 0 Å². The maximum absolute atomic E-state index is 6.23. The topological polar surface area (TPSA) is 34.1 Å². The lowest BCUT2D eigenvalue weighted by molar-refractivity contribution is -0.0610. The monoisotopic (exact) mass is 284 g/mol. The number of nitrogens with zero attached hydrogens (tertiary/aromatic N) is 1. The SMILES string of the molecule is CCOC1(C(NC)c2ccc3cccnc3c2)CCCC1. The Balaban J connectivity index is 2.00. The molecule has 1 saturated carbocycles. The summed E-state index contributed by atoms with van der Waals surface area (Å²) < 4.78 is 6.23. The average Bonchev–Trinajstić information content (AvgIpc) is 2.97. The van der Waals surface area contributed by atoms with Crippen LogP contribution < -0.4 is 5.32 Å². The molecule has 0 spiro atoms. The lowest BCUT2D eigenvalue weighted by atomic mass is 9.86. The van der Waals surface area contributed by atoms with Crippen LogP contribution in [0.15, 0.2) is 36.5 Å². The molecule has 1 fully saturated rings. The molecule has 0 bridgehead atoms. The van der Waals surface area contributed by atoms with Crippen molar-refractivity contribution in [3.8, 4) is 0 Å². The van der Waals surface area contributed by atoms with Crippen LogP contribution in [0.4, 0.5) is 0 Å². The summed E-state index contributed by atoms with van der Waals surface area (Å²) in [5.74, 6) is 0. The van der Waals surface area contributed by atoms with Crippen LogP contribution in [0.25, 0.3) is 10.9 Å². The van der Waals surface area contributed by atoms with E-state index in [1.54, 1.807) is 0 Å². The van der Waals surface area contributed by atoms with Gasteiger partial charge in [-0.3, -0.25) is 4.98 Å². The average molecular weight is 284 g/mol.